The van der Waals surface area contributed by atoms with Gasteiger partial charge in [0, 0.05) is 17.3 Å². The summed E-state index contributed by atoms with van der Waals surface area (Å²) in [6.45, 7) is 4.83. The Morgan fingerprint density at radius 2 is 1.63 bits per heavy atom. The van der Waals surface area contributed by atoms with E-state index in [9.17, 15) is 14.7 Å². The van der Waals surface area contributed by atoms with Crippen molar-refractivity contribution in [2.75, 3.05) is 16.8 Å². The zero-order chi connectivity index (χ0) is 29.9. The Hall–Kier alpha value is -4.16. The second-order valence-electron chi connectivity index (χ2n) is 11.9. The molecule has 3 aliphatic rings. The smallest absolute Gasteiger partial charge is 0.238 e. The number of hydrogen-bond acceptors (Lipinski definition) is 5. The highest BCUT2D eigenvalue weighted by Gasteiger charge is 2.57. The number of ether oxygens (including phenoxy) is 1. The third kappa shape index (κ3) is 5.89. The van der Waals surface area contributed by atoms with Crippen LogP contribution in [-0.2, 0) is 14.3 Å². The number of phenolic OH excluding ortho intramolecular Hbond substituents is 1. The predicted molar refractivity (Wildman–Crippen MR) is 171 cm³/mol. The number of nitrogens with zero attached hydrogens (tertiary/aromatic N) is 1. The molecule has 2 N–H and O–H groups in total. The molecule has 2 aliphatic heterocycles. The standard InChI is InChI=1S/C37H40N2O4/c1-3-8-24(21-25-11-18-30(40)19-12-25)13-20-33-34-26(4-2)22-31-35(32(34)23-43-33)37(42)39(36(31)41)29-16-14-28(15-17-29)38-27-9-6-5-7-10-27/h5-7,9-12,14-19,21,31-33,35,38,40H,3-4,8,13,20,22-23H2,1-2H3/b24-21+/t31-,32+,33-,35-/m1/s1. The first kappa shape index (κ1) is 28.9. The van der Waals surface area contributed by atoms with E-state index in [0.29, 0.717) is 18.7 Å². The summed E-state index contributed by atoms with van der Waals surface area (Å²) in [4.78, 5) is 29.1. The molecule has 3 aromatic carbocycles. The Kier molecular flexibility index (Phi) is 8.48. The first-order valence-electron chi connectivity index (χ1n) is 15.6. The summed E-state index contributed by atoms with van der Waals surface area (Å²) < 4.78 is 6.42. The van der Waals surface area contributed by atoms with Crippen LogP contribution in [0.25, 0.3) is 6.08 Å². The second kappa shape index (κ2) is 12.6. The number of aromatic hydroxyl groups is 1. The molecule has 6 nitrogen and oxygen atoms in total. The van der Waals surface area contributed by atoms with Crippen molar-refractivity contribution in [1.29, 1.82) is 0 Å². The van der Waals surface area contributed by atoms with E-state index in [1.165, 1.54) is 21.6 Å². The molecule has 4 atom stereocenters. The molecule has 3 aromatic rings. The summed E-state index contributed by atoms with van der Waals surface area (Å²) in [6.07, 6.45) is 7.51. The molecule has 1 aliphatic carbocycles. The number of para-hydroxylation sites is 1. The number of nitrogens with one attached hydrogen (secondary N) is 1. The van der Waals surface area contributed by atoms with Gasteiger partial charge in [0.2, 0.25) is 11.8 Å². The van der Waals surface area contributed by atoms with Crippen molar-refractivity contribution in [1.82, 2.24) is 0 Å². The van der Waals surface area contributed by atoms with Crippen LogP contribution < -0.4 is 10.2 Å². The molecule has 0 aromatic heterocycles. The van der Waals surface area contributed by atoms with Gasteiger partial charge in [0.15, 0.2) is 0 Å². The maximum absolute atomic E-state index is 13.9. The van der Waals surface area contributed by atoms with Crippen LogP contribution in [0.15, 0.2) is 95.6 Å². The number of benzene rings is 3. The summed E-state index contributed by atoms with van der Waals surface area (Å²) >= 11 is 0. The fraction of sp³-hybridized carbons (Fsp3) is 0.351. The van der Waals surface area contributed by atoms with E-state index in [4.69, 9.17) is 4.74 Å². The fourth-order valence-electron chi connectivity index (χ4n) is 7.16. The number of carbonyl (C=O) groups is 2. The van der Waals surface area contributed by atoms with E-state index >= 15 is 0 Å². The summed E-state index contributed by atoms with van der Waals surface area (Å²) in [7, 11) is 0. The van der Waals surface area contributed by atoms with Gasteiger partial charge >= 0.3 is 0 Å². The fourth-order valence-corrected chi connectivity index (χ4v) is 7.16. The summed E-state index contributed by atoms with van der Waals surface area (Å²) in [5.74, 6) is -0.660. The van der Waals surface area contributed by atoms with Crippen molar-refractivity contribution in [3.05, 3.63) is 101 Å². The Morgan fingerprint density at radius 3 is 2.33 bits per heavy atom. The number of allylic oxidation sites excluding steroid dienone is 2. The lowest BCUT2D eigenvalue weighted by Crippen LogP contribution is -2.34. The minimum Gasteiger partial charge on any atom is -0.508 e. The molecule has 2 fully saturated rings. The third-order valence-corrected chi connectivity index (χ3v) is 9.19. The lowest BCUT2D eigenvalue weighted by atomic mass is 9.69. The van der Waals surface area contributed by atoms with Gasteiger partial charge in [-0.25, -0.2) is 0 Å². The van der Waals surface area contributed by atoms with E-state index < -0.39 is 0 Å². The zero-order valence-electron chi connectivity index (χ0n) is 25.0. The third-order valence-electron chi connectivity index (χ3n) is 9.19. The average molecular weight is 577 g/mol. The molecule has 0 unspecified atom stereocenters. The molecule has 2 heterocycles. The molecule has 0 spiro atoms. The molecule has 43 heavy (non-hydrogen) atoms. The lowest BCUT2D eigenvalue weighted by molar-refractivity contribution is -0.122. The Bertz CT molecular complexity index is 1530. The first-order chi connectivity index (χ1) is 21.0. The normalized spacial score (nSPS) is 23.5. The predicted octanol–water partition coefficient (Wildman–Crippen LogP) is 8.03. The highest BCUT2D eigenvalue weighted by molar-refractivity contribution is 6.22. The highest BCUT2D eigenvalue weighted by Crippen LogP contribution is 2.51. The number of fused-ring (bicyclic) bond motifs is 3. The Morgan fingerprint density at radius 1 is 0.907 bits per heavy atom. The maximum Gasteiger partial charge on any atom is 0.238 e. The Labute approximate surface area is 254 Å². The van der Waals surface area contributed by atoms with Crippen LogP contribution in [0.5, 0.6) is 5.75 Å². The number of anilines is 3. The minimum atomic E-state index is -0.368. The van der Waals surface area contributed by atoms with Crippen LogP contribution in [0, 0.1) is 17.8 Å². The number of hydrogen-bond donors (Lipinski definition) is 2. The van der Waals surface area contributed by atoms with Crippen LogP contribution in [0.4, 0.5) is 17.1 Å². The number of imide groups is 1. The van der Waals surface area contributed by atoms with Gasteiger partial charge in [-0.1, -0.05) is 67.8 Å². The van der Waals surface area contributed by atoms with Gasteiger partial charge in [0.25, 0.3) is 0 Å². The largest absolute Gasteiger partial charge is 0.508 e. The van der Waals surface area contributed by atoms with E-state index in [0.717, 1.165) is 49.0 Å². The molecular weight excluding hydrogens is 536 g/mol. The van der Waals surface area contributed by atoms with Crippen molar-refractivity contribution < 1.29 is 19.4 Å². The number of amides is 2. The van der Waals surface area contributed by atoms with Crippen molar-refractivity contribution in [3.63, 3.8) is 0 Å². The summed E-state index contributed by atoms with van der Waals surface area (Å²) in [5, 5.41) is 13.0. The van der Waals surface area contributed by atoms with Crippen molar-refractivity contribution in [2.24, 2.45) is 17.8 Å². The van der Waals surface area contributed by atoms with E-state index in [-0.39, 0.29) is 41.4 Å². The van der Waals surface area contributed by atoms with Crippen molar-refractivity contribution in [2.45, 2.75) is 58.5 Å². The molecule has 222 valence electrons. The zero-order valence-corrected chi connectivity index (χ0v) is 25.0. The van der Waals surface area contributed by atoms with Gasteiger partial charge in [-0.2, -0.15) is 0 Å². The molecular formula is C37H40N2O4. The number of phenols is 1. The monoisotopic (exact) mass is 576 g/mol. The minimum absolute atomic E-state index is 0.0266. The van der Waals surface area contributed by atoms with E-state index in [1.807, 2.05) is 66.7 Å². The molecule has 6 heteroatoms. The van der Waals surface area contributed by atoms with Crippen LogP contribution >= 0.6 is 0 Å². The van der Waals surface area contributed by atoms with Crippen LogP contribution in [0.3, 0.4) is 0 Å². The summed E-state index contributed by atoms with van der Waals surface area (Å²) in [6, 6.07) is 24.8. The van der Waals surface area contributed by atoms with Crippen molar-refractivity contribution >= 4 is 35.0 Å². The van der Waals surface area contributed by atoms with Crippen molar-refractivity contribution in [3.8, 4) is 5.75 Å². The quantitative estimate of drug-likeness (QED) is 0.189. The van der Waals surface area contributed by atoms with Gasteiger partial charge in [-0.3, -0.25) is 14.5 Å². The molecule has 6 rings (SSSR count). The van der Waals surface area contributed by atoms with Gasteiger partial charge in [0.05, 0.1) is 30.2 Å². The highest BCUT2D eigenvalue weighted by atomic mass is 16.5. The SMILES string of the molecule is CCC/C(=C\c1ccc(O)cc1)CC[C@H]1OC[C@H]2C1=C(CC)C[C@H]1C(=O)N(c3ccc(Nc4ccccc4)cc3)C(=O)[C@H]12. The Balaban J connectivity index is 1.18. The summed E-state index contributed by atoms with van der Waals surface area (Å²) in [5.41, 5.74) is 7.51. The van der Waals surface area contributed by atoms with Gasteiger partial charge in [-0.05, 0) is 91.8 Å². The molecule has 2 saturated heterocycles. The number of carbonyl (C=O) groups excluding carboxylic acids is 2. The first-order valence-corrected chi connectivity index (χ1v) is 15.6. The van der Waals surface area contributed by atoms with Crippen LogP contribution in [-0.4, -0.2) is 29.6 Å². The lowest BCUT2D eigenvalue weighted by Gasteiger charge is -2.31. The van der Waals surface area contributed by atoms with E-state index in [1.54, 1.807) is 12.1 Å². The average Bonchev–Trinajstić information content (AvgIpc) is 3.55. The van der Waals surface area contributed by atoms with Gasteiger partial charge in [0.1, 0.15) is 5.75 Å². The topological polar surface area (TPSA) is 78.9 Å². The van der Waals surface area contributed by atoms with Gasteiger partial charge in [-0.15, -0.1) is 0 Å². The number of rotatable bonds is 10. The maximum atomic E-state index is 13.9. The molecule has 0 radical (unpaired) electrons. The van der Waals surface area contributed by atoms with Gasteiger partial charge < -0.3 is 15.2 Å². The molecule has 2 amide bonds. The second-order valence-corrected chi connectivity index (χ2v) is 11.9. The van der Waals surface area contributed by atoms with Crippen LogP contribution in [0.2, 0.25) is 0 Å². The molecule has 0 bridgehead atoms. The van der Waals surface area contributed by atoms with Crippen LogP contribution in [0.1, 0.15) is 57.9 Å². The molecule has 0 saturated carbocycles. The van der Waals surface area contributed by atoms with E-state index in [2.05, 4.69) is 25.2 Å².